The summed E-state index contributed by atoms with van der Waals surface area (Å²) >= 11 is 1.38. The molecule has 0 radical (unpaired) electrons. The molecular formula is C23H23N5O6S. The molecule has 3 aromatic rings. The van der Waals surface area contributed by atoms with Gasteiger partial charge in [0.05, 0.1) is 40.7 Å². The smallest absolute Gasteiger partial charge is 0.415 e. The van der Waals surface area contributed by atoms with Gasteiger partial charge in [-0.05, 0) is 37.1 Å². The summed E-state index contributed by atoms with van der Waals surface area (Å²) in [7, 11) is 1.58. The van der Waals surface area contributed by atoms with Crippen LogP contribution >= 0.6 is 11.8 Å². The Labute approximate surface area is 203 Å². The van der Waals surface area contributed by atoms with E-state index >= 15 is 0 Å². The number of nitrogens with zero attached hydrogens (tertiary/aromatic N) is 4. The number of thioether (sulfide) groups is 1. The maximum Gasteiger partial charge on any atom is 0.415 e. The molecule has 0 saturated carbocycles. The highest BCUT2D eigenvalue weighted by molar-refractivity contribution is 8.00. The maximum absolute atomic E-state index is 12.8. The van der Waals surface area contributed by atoms with Crippen LogP contribution in [0.4, 0.5) is 16.4 Å². The molecule has 12 heteroatoms. The van der Waals surface area contributed by atoms with E-state index in [0.717, 1.165) is 9.46 Å². The number of aryl methyl sites for hydroxylation is 1. The number of anilines is 2. The largest absolute Gasteiger partial charge is 0.444 e. The molecule has 1 unspecified atom stereocenters. The number of para-hydroxylation sites is 1. The summed E-state index contributed by atoms with van der Waals surface area (Å²) in [5.41, 5.74) is -0.430. The van der Waals surface area contributed by atoms with Crippen molar-refractivity contribution in [3.63, 3.8) is 0 Å². The number of nitrogens with one attached hydrogen (secondary N) is 1. The number of aliphatic hydroxyl groups excluding tert-OH is 1. The van der Waals surface area contributed by atoms with Crippen LogP contribution in [0.5, 0.6) is 0 Å². The Morgan fingerprint density at radius 3 is 2.83 bits per heavy atom. The second-order valence-electron chi connectivity index (χ2n) is 8.48. The van der Waals surface area contributed by atoms with Crippen molar-refractivity contribution in [2.75, 3.05) is 22.5 Å². The lowest BCUT2D eigenvalue weighted by molar-refractivity contribution is -0.113. The van der Waals surface area contributed by atoms with Gasteiger partial charge in [-0.15, -0.1) is 11.8 Å². The van der Waals surface area contributed by atoms with Gasteiger partial charge < -0.3 is 15.2 Å². The molecule has 1 fully saturated rings. The number of hydrogen-bond acceptors (Lipinski definition) is 8. The summed E-state index contributed by atoms with van der Waals surface area (Å²) in [4.78, 5) is 56.1. The number of carbonyl (C=O) groups is 2. The third-order valence-electron chi connectivity index (χ3n) is 6.08. The van der Waals surface area contributed by atoms with E-state index in [2.05, 4.69) is 10.3 Å². The van der Waals surface area contributed by atoms with Gasteiger partial charge in [0.15, 0.2) is 0 Å². The minimum Gasteiger partial charge on any atom is -0.444 e. The summed E-state index contributed by atoms with van der Waals surface area (Å²) in [6.45, 7) is 0.0700. The molecule has 5 rings (SSSR count). The van der Waals surface area contributed by atoms with Gasteiger partial charge in [0.25, 0.3) is 5.56 Å². The number of benzene rings is 1. The Morgan fingerprint density at radius 1 is 1.20 bits per heavy atom. The van der Waals surface area contributed by atoms with Crippen molar-refractivity contribution in [1.82, 2.24) is 14.1 Å². The van der Waals surface area contributed by atoms with E-state index in [1.54, 1.807) is 43.4 Å². The first kappa shape index (κ1) is 23.1. The Balaban J connectivity index is 1.24. The Bertz CT molecular complexity index is 1450. The molecule has 2 N–H and O–H groups in total. The maximum atomic E-state index is 12.8. The van der Waals surface area contributed by atoms with Crippen LogP contribution in [0.15, 0.2) is 50.9 Å². The minimum atomic E-state index is -0.983. The van der Waals surface area contributed by atoms with Crippen LogP contribution in [0, 0.1) is 0 Å². The molecule has 0 spiro atoms. The molecule has 1 saturated heterocycles. The van der Waals surface area contributed by atoms with Gasteiger partial charge in [-0.3, -0.25) is 23.6 Å². The molecule has 2 amide bonds. The molecule has 2 aromatic heterocycles. The highest BCUT2D eigenvalue weighted by Crippen LogP contribution is 2.33. The van der Waals surface area contributed by atoms with Crippen molar-refractivity contribution >= 4 is 46.3 Å². The number of aromatic nitrogens is 3. The van der Waals surface area contributed by atoms with E-state index in [4.69, 9.17) is 4.74 Å². The number of fused-ring (bicyclic) bond motifs is 2. The third kappa shape index (κ3) is 4.42. The van der Waals surface area contributed by atoms with Gasteiger partial charge in [-0.25, -0.2) is 14.6 Å². The van der Waals surface area contributed by atoms with Gasteiger partial charge in [0.1, 0.15) is 17.7 Å². The van der Waals surface area contributed by atoms with Gasteiger partial charge >= 0.3 is 11.8 Å². The number of amides is 2. The van der Waals surface area contributed by atoms with Crippen molar-refractivity contribution in [1.29, 1.82) is 0 Å². The summed E-state index contributed by atoms with van der Waals surface area (Å²) in [6.07, 6.45) is -1.48. The summed E-state index contributed by atoms with van der Waals surface area (Å²) < 4.78 is 7.84. The lowest BCUT2D eigenvalue weighted by atomic mass is 10.1. The minimum absolute atomic E-state index is 0.150. The second kappa shape index (κ2) is 9.19. The van der Waals surface area contributed by atoms with E-state index < -0.39 is 29.6 Å². The van der Waals surface area contributed by atoms with E-state index in [1.807, 2.05) is 0 Å². The fraction of sp³-hybridized carbons (Fsp3) is 0.348. The van der Waals surface area contributed by atoms with Crippen LogP contribution in [0.1, 0.15) is 12.8 Å². The molecular weight excluding hydrogens is 474 g/mol. The molecule has 1 aromatic carbocycles. The summed E-state index contributed by atoms with van der Waals surface area (Å²) in [5, 5.41) is 13.7. The zero-order valence-corrected chi connectivity index (χ0v) is 19.7. The van der Waals surface area contributed by atoms with Gasteiger partial charge in [-0.2, -0.15) is 0 Å². The average molecular weight is 498 g/mol. The standard InChI is InChI=1S/C23H23N5O6S/c1-26-16-5-3-2-4-15(16)21(31)28(22(26)32)10-13(29)6-7-14-11-27(23(33)34-14)18-9-8-17-20(24-18)25-19(30)12-35-17/h2-5,8-9,13-14,29H,6-7,10-12H2,1H3,(H,24,25,30)/t13?,14-/m1/s1. The number of carbonyl (C=O) groups excluding carboxylic acids is 2. The van der Waals surface area contributed by atoms with Gasteiger partial charge in [0, 0.05) is 7.05 Å². The highest BCUT2D eigenvalue weighted by Gasteiger charge is 2.34. The van der Waals surface area contributed by atoms with Crippen molar-refractivity contribution in [3.05, 3.63) is 57.2 Å². The molecule has 2 atom stereocenters. The molecule has 182 valence electrons. The predicted molar refractivity (Wildman–Crippen MR) is 130 cm³/mol. The van der Waals surface area contributed by atoms with Crippen LogP contribution < -0.4 is 21.5 Å². The highest BCUT2D eigenvalue weighted by atomic mass is 32.2. The lowest BCUT2D eigenvalue weighted by Crippen LogP contribution is -2.41. The fourth-order valence-electron chi connectivity index (χ4n) is 4.27. The van der Waals surface area contributed by atoms with E-state index in [9.17, 15) is 24.3 Å². The number of hydrogen-bond donors (Lipinski definition) is 2. The quantitative estimate of drug-likeness (QED) is 0.520. The van der Waals surface area contributed by atoms with Crippen LogP contribution in [0.25, 0.3) is 10.9 Å². The van der Waals surface area contributed by atoms with Crippen LogP contribution in [-0.4, -0.2) is 55.7 Å². The van der Waals surface area contributed by atoms with Gasteiger partial charge in [0.2, 0.25) is 5.91 Å². The molecule has 11 nitrogen and oxygen atoms in total. The molecule has 2 aliphatic heterocycles. The van der Waals surface area contributed by atoms with E-state index in [0.29, 0.717) is 34.7 Å². The topological polar surface area (TPSA) is 136 Å². The summed E-state index contributed by atoms with van der Waals surface area (Å²) in [6, 6.07) is 10.3. The fourth-order valence-corrected chi connectivity index (χ4v) is 5.02. The Kier molecular flexibility index (Phi) is 6.07. The number of cyclic esters (lactones) is 1. The normalized spacial score (nSPS) is 18.3. The average Bonchev–Trinajstić information content (AvgIpc) is 3.24. The number of ether oxygens (including phenoxy) is 1. The monoisotopic (exact) mass is 497 g/mol. The van der Waals surface area contributed by atoms with Crippen LogP contribution in [-0.2, 0) is 23.1 Å². The number of rotatable bonds is 6. The number of pyridine rings is 1. The zero-order chi connectivity index (χ0) is 24.7. The lowest BCUT2D eigenvalue weighted by Gasteiger charge is -2.18. The predicted octanol–water partition coefficient (Wildman–Crippen LogP) is 1.31. The third-order valence-corrected chi connectivity index (χ3v) is 7.13. The van der Waals surface area contributed by atoms with Gasteiger partial charge in [-0.1, -0.05) is 12.1 Å². The molecule has 0 aliphatic carbocycles. The van der Waals surface area contributed by atoms with Crippen molar-refractivity contribution in [2.24, 2.45) is 7.05 Å². The zero-order valence-electron chi connectivity index (χ0n) is 18.8. The van der Waals surface area contributed by atoms with Crippen molar-refractivity contribution < 1.29 is 19.4 Å². The van der Waals surface area contributed by atoms with E-state index in [-0.39, 0.29) is 25.4 Å². The molecule has 4 heterocycles. The van der Waals surface area contributed by atoms with E-state index in [1.165, 1.54) is 21.2 Å². The van der Waals surface area contributed by atoms with Crippen molar-refractivity contribution in [2.45, 2.75) is 36.5 Å². The summed E-state index contributed by atoms with van der Waals surface area (Å²) in [5.74, 6) is 0.953. The molecule has 2 aliphatic rings. The Hall–Kier alpha value is -3.64. The number of aliphatic hydroxyl groups is 1. The first-order chi connectivity index (χ1) is 16.8. The van der Waals surface area contributed by atoms with Crippen LogP contribution in [0.2, 0.25) is 0 Å². The SMILES string of the molecule is Cn1c(=O)n(CC(O)CC[C@@H]2CN(c3ccc4c(n3)NC(=O)CS4)C(=O)O2)c(=O)c2ccccc21. The Morgan fingerprint density at radius 2 is 2.00 bits per heavy atom. The molecule has 0 bridgehead atoms. The second-order valence-corrected chi connectivity index (χ2v) is 9.49. The first-order valence-electron chi connectivity index (χ1n) is 11.1. The molecule has 35 heavy (non-hydrogen) atoms. The first-order valence-corrected chi connectivity index (χ1v) is 12.1. The van der Waals surface area contributed by atoms with Crippen LogP contribution in [0.3, 0.4) is 0 Å². The van der Waals surface area contributed by atoms with Crippen molar-refractivity contribution in [3.8, 4) is 0 Å².